The Labute approximate surface area is 162 Å². The van der Waals surface area contributed by atoms with Gasteiger partial charge in [0.25, 0.3) is 0 Å². The maximum atomic E-state index is 12.2. The Kier molecular flexibility index (Phi) is 9.09. The summed E-state index contributed by atoms with van der Waals surface area (Å²) < 4.78 is 5.77. The first-order chi connectivity index (χ1) is 12.6. The van der Waals surface area contributed by atoms with Gasteiger partial charge in [0.1, 0.15) is 11.6 Å². The van der Waals surface area contributed by atoms with Crippen LogP contribution in [0.15, 0.2) is 36.4 Å². The van der Waals surface area contributed by atoms with Gasteiger partial charge in [-0.3, -0.25) is 14.4 Å². The van der Waals surface area contributed by atoms with Gasteiger partial charge in [-0.2, -0.15) is 0 Å². The fourth-order valence-corrected chi connectivity index (χ4v) is 2.55. The molecule has 0 radical (unpaired) electrons. The fraction of sp³-hybridized carbons (Fsp3) is 0.500. The lowest BCUT2D eigenvalue weighted by Crippen LogP contribution is -2.31. The zero-order valence-corrected chi connectivity index (χ0v) is 16.9. The molecule has 1 aromatic rings. The Morgan fingerprint density at radius 3 is 2.26 bits per heavy atom. The largest absolute Gasteiger partial charge is 0.375 e. The van der Waals surface area contributed by atoms with E-state index in [-0.39, 0.29) is 30.3 Å². The summed E-state index contributed by atoms with van der Waals surface area (Å²) in [5.41, 5.74) is 2.21. The molecule has 0 aliphatic heterocycles. The van der Waals surface area contributed by atoms with E-state index in [1.165, 1.54) is 6.92 Å². The number of carbonyl (C=O) groups excluding carboxylic acids is 3. The van der Waals surface area contributed by atoms with Crippen molar-refractivity contribution in [2.45, 2.75) is 65.4 Å². The highest BCUT2D eigenvalue weighted by Gasteiger charge is 2.22. The maximum absolute atomic E-state index is 12.2. The van der Waals surface area contributed by atoms with Crippen LogP contribution in [0.3, 0.4) is 0 Å². The van der Waals surface area contributed by atoms with Gasteiger partial charge in [0, 0.05) is 12.1 Å². The number of ketones is 2. The van der Waals surface area contributed by atoms with E-state index in [9.17, 15) is 14.4 Å². The van der Waals surface area contributed by atoms with Crippen molar-refractivity contribution >= 4 is 23.2 Å². The highest BCUT2D eigenvalue weighted by atomic mass is 16.5. The Bertz CT molecular complexity index is 674. The average molecular weight is 373 g/mol. The summed E-state index contributed by atoms with van der Waals surface area (Å²) in [6.45, 7) is 11.5. The van der Waals surface area contributed by atoms with E-state index in [1.54, 1.807) is 0 Å². The summed E-state index contributed by atoms with van der Waals surface area (Å²) in [5.74, 6) is -0.266. The number of hydrogen-bond donors (Lipinski definition) is 1. The number of Topliss-reactive ketones (excluding diaryl/α,β-unsaturated/α-hetero) is 2. The van der Waals surface area contributed by atoms with E-state index in [1.807, 2.05) is 45.0 Å². The molecule has 0 bridgehead atoms. The number of ether oxygens (including phenoxy) is 1. The van der Waals surface area contributed by atoms with Crippen LogP contribution in [0.1, 0.15) is 58.9 Å². The normalized spacial score (nSPS) is 11.1. The molecule has 0 saturated carbocycles. The molecule has 1 rings (SSSR count). The number of nitrogens with one attached hydrogen (secondary N) is 1. The van der Waals surface area contributed by atoms with Crippen molar-refractivity contribution in [3.63, 3.8) is 0 Å². The van der Waals surface area contributed by atoms with Crippen LogP contribution < -0.4 is 5.32 Å². The van der Waals surface area contributed by atoms with Crippen LogP contribution in [0.25, 0.3) is 0 Å². The number of rotatable bonds is 12. The lowest BCUT2D eigenvalue weighted by Gasteiger charge is -2.24. The zero-order valence-electron chi connectivity index (χ0n) is 16.9. The summed E-state index contributed by atoms with van der Waals surface area (Å²) in [6, 6.07) is 7.39. The van der Waals surface area contributed by atoms with Crippen LogP contribution in [-0.4, -0.2) is 29.7 Å². The Balaban J connectivity index is 2.45. The molecule has 0 heterocycles. The Morgan fingerprint density at radius 2 is 1.70 bits per heavy atom. The molecule has 5 nitrogen and oxygen atoms in total. The van der Waals surface area contributed by atoms with Gasteiger partial charge < -0.3 is 10.1 Å². The van der Waals surface area contributed by atoms with E-state index in [4.69, 9.17) is 4.74 Å². The molecule has 0 unspecified atom stereocenters. The molecular formula is C22H31NO4. The SMILES string of the molecule is C=C(C)CCOC(C)(C)CC(=O)Nc1ccc(CCC(=O)CC(C)=O)cc1. The minimum atomic E-state index is -0.545. The third-order valence-corrected chi connectivity index (χ3v) is 3.98. The van der Waals surface area contributed by atoms with Gasteiger partial charge in [-0.15, -0.1) is 6.58 Å². The van der Waals surface area contributed by atoms with Gasteiger partial charge in [-0.1, -0.05) is 17.7 Å². The molecule has 5 heteroatoms. The van der Waals surface area contributed by atoms with E-state index >= 15 is 0 Å². The van der Waals surface area contributed by atoms with Crippen LogP contribution in [0.5, 0.6) is 0 Å². The molecule has 1 aromatic carbocycles. The number of hydrogen-bond acceptors (Lipinski definition) is 4. The highest BCUT2D eigenvalue weighted by molar-refractivity contribution is 5.98. The van der Waals surface area contributed by atoms with Gasteiger partial charge in [-0.25, -0.2) is 0 Å². The summed E-state index contributed by atoms with van der Waals surface area (Å²) in [4.78, 5) is 34.8. The van der Waals surface area contributed by atoms with Crippen molar-refractivity contribution in [1.82, 2.24) is 0 Å². The van der Waals surface area contributed by atoms with Crippen molar-refractivity contribution < 1.29 is 19.1 Å². The second-order valence-electron chi connectivity index (χ2n) is 7.65. The van der Waals surface area contributed by atoms with E-state index in [0.29, 0.717) is 25.1 Å². The molecule has 0 aliphatic carbocycles. The molecule has 1 N–H and O–H groups in total. The molecule has 0 aliphatic rings. The van der Waals surface area contributed by atoms with Crippen molar-refractivity contribution in [3.05, 3.63) is 42.0 Å². The second-order valence-corrected chi connectivity index (χ2v) is 7.65. The van der Waals surface area contributed by atoms with Crippen LogP contribution in [-0.2, 0) is 25.5 Å². The predicted molar refractivity (Wildman–Crippen MR) is 108 cm³/mol. The van der Waals surface area contributed by atoms with Crippen LogP contribution >= 0.6 is 0 Å². The van der Waals surface area contributed by atoms with Gasteiger partial charge in [0.2, 0.25) is 5.91 Å². The van der Waals surface area contributed by atoms with Crippen molar-refractivity contribution in [3.8, 4) is 0 Å². The summed E-state index contributed by atoms with van der Waals surface area (Å²) in [5, 5.41) is 2.87. The molecule has 1 amide bonds. The lowest BCUT2D eigenvalue weighted by atomic mass is 10.0. The number of amides is 1. The molecule has 27 heavy (non-hydrogen) atoms. The minimum absolute atomic E-state index is 0.00162. The first-order valence-electron chi connectivity index (χ1n) is 9.25. The predicted octanol–water partition coefficient (Wildman–Crippen LogP) is 4.26. The lowest BCUT2D eigenvalue weighted by molar-refractivity contribution is -0.126. The smallest absolute Gasteiger partial charge is 0.227 e. The molecule has 0 atom stereocenters. The minimum Gasteiger partial charge on any atom is -0.375 e. The van der Waals surface area contributed by atoms with Gasteiger partial charge in [0.15, 0.2) is 0 Å². The van der Waals surface area contributed by atoms with Crippen LogP contribution in [0, 0.1) is 0 Å². The number of benzene rings is 1. The molecule has 0 saturated heterocycles. The van der Waals surface area contributed by atoms with Crippen LogP contribution in [0.2, 0.25) is 0 Å². The van der Waals surface area contributed by atoms with Gasteiger partial charge in [-0.05, 0) is 58.2 Å². The van der Waals surface area contributed by atoms with Gasteiger partial charge in [0.05, 0.1) is 25.0 Å². The third kappa shape index (κ3) is 10.5. The van der Waals surface area contributed by atoms with Crippen molar-refractivity contribution in [1.29, 1.82) is 0 Å². The average Bonchev–Trinajstić information content (AvgIpc) is 2.52. The van der Waals surface area contributed by atoms with Crippen molar-refractivity contribution in [2.24, 2.45) is 0 Å². The number of aryl methyl sites for hydroxylation is 1. The standard InChI is InChI=1S/C22H31NO4/c1-16(2)12-13-27-22(4,5)15-21(26)23-19-9-6-18(7-10-19)8-11-20(25)14-17(3)24/h6-7,9-10H,1,8,11-15H2,2-5H3,(H,23,26). The van der Waals surface area contributed by atoms with Crippen LogP contribution in [0.4, 0.5) is 5.69 Å². The number of carbonyl (C=O) groups is 3. The van der Waals surface area contributed by atoms with E-state index < -0.39 is 5.60 Å². The van der Waals surface area contributed by atoms with Gasteiger partial charge >= 0.3 is 0 Å². The quantitative estimate of drug-likeness (QED) is 0.439. The third-order valence-electron chi connectivity index (χ3n) is 3.98. The molecule has 0 spiro atoms. The first kappa shape index (κ1) is 22.8. The number of anilines is 1. The second kappa shape index (κ2) is 10.8. The fourth-order valence-electron chi connectivity index (χ4n) is 2.55. The zero-order chi connectivity index (χ0) is 20.4. The first-order valence-corrected chi connectivity index (χ1v) is 9.25. The molecule has 0 aromatic heterocycles. The maximum Gasteiger partial charge on any atom is 0.227 e. The summed E-state index contributed by atoms with van der Waals surface area (Å²) in [7, 11) is 0. The van der Waals surface area contributed by atoms with E-state index in [2.05, 4.69) is 11.9 Å². The molecule has 0 fully saturated rings. The van der Waals surface area contributed by atoms with Crippen molar-refractivity contribution in [2.75, 3.05) is 11.9 Å². The Hall–Kier alpha value is -2.27. The highest BCUT2D eigenvalue weighted by Crippen LogP contribution is 2.18. The molecular weight excluding hydrogens is 342 g/mol. The summed E-state index contributed by atoms with van der Waals surface area (Å²) >= 11 is 0. The van der Waals surface area contributed by atoms with E-state index in [0.717, 1.165) is 17.6 Å². The molecule has 148 valence electrons. The Morgan fingerprint density at radius 1 is 1.07 bits per heavy atom. The monoisotopic (exact) mass is 373 g/mol. The topological polar surface area (TPSA) is 72.5 Å². The summed E-state index contributed by atoms with van der Waals surface area (Å²) in [6.07, 6.45) is 1.97.